The van der Waals surface area contributed by atoms with E-state index in [0.717, 1.165) is 23.6 Å². The summed E-state index contributed by atoms with van der Waals surface area (Å²) in [6.07, 6.45) is 1.76. The first-order valence-corrected chi connectivity index (χ1v) is 6.25. The monoisotopic (exact) mass is 258 g/mol. The fourth-order valence-electron chi connectivity index (χ4n) is 1.68. The zero-order valence-corrected chi connectivity index (χ0v) is 11.3. The molecule has 2 aromatic rings. The Morgan fingerprint density at radius 1 is 1.21 bits per heavy atom. The van der Waals surface area contributed by atoms with Gasteiger partial charge in [0.15, 0.2) is 5.82 Å². The lowest BCUT2D eigenvalue weighted by Gasteiger charge is -2.05. The quantitative estimate of drug-likeness (QED) is 0.797. The SMILES string of the molecule is COCCNCc1ccnc(-c2cccc(C)n2)n1. The number of hydrogen-bond donors (Lipinski definition) is 1. The van der Waals surface area contributed by atoms with Crippen molar-refractivity contribution in [2.75, 3.05) is 20.3 Å². The van der Waals surface area contributed by atoms with E-state index in [2.05, 4.69) is 20.3 Å². The Morgan fingerprint density at radius 2 is 2.11 bits per heavy atom. The Kier molecular flexibility index (Phi) is 4.94. The molecule has 100 valence electrons. The summed E-state index contributed by atoms with van der Waals surface area (Å²) in [6, 6.07) is 7.74. The molecular formula is C14H18N4O. The molecule has 0 bridgehead atoms. The molecule has 1 N–H and O–H groups in total. The summed E-state index contributed by atoms with van der Waals surface area (Å²) in [7, 11) is 1.69. The van der Waals surface area contributed by atoms with Gasteiger partial charge in [-0.15, -0.1) is 0 Å². The number of aryl methyl sites for hydroxylation is 1. The van der Waals surface area contributed by atoms with E-state index in [-0.39, 0.29) is 0 Å². The molecule has 2 heterocycles. The lowest BCUT2D eigenvalue weighted by Crippen LogP contribution is -2.19. The molecule has 0 atom stereocenters. The Hall–Kier alpha value is -1.85. The fraction of sp³-hybridized carbons (Fsp3) is 0.357. The largest absolute Gasteiger partial charge is 0.383 e. The first kappa shape index (κ1) is 13.6. The van der Waals surface area contributed by atoms with E-state index in [1.165, 1.54) is 0 Å². The Balaban J connectivity index is 2.06. The summed E-state index contributed by atoms with van der Waals surface area (Å²) < 4.78 is 4.98. The molecule has 0 aliphatic rings. The van der Waals surface area contributed by atoms with Gasteiger partial charge < -0.3 is 10.1 Å². The molecule has 5 heteroatoms. The summed E-state index contributed by atoms with van der Waals surface area (Å²) in [5.41, 5.74) is 2.72. The molecule has 0 unspecified atom stereocenters. The van der Waals surface area contributed by atoms with Crippen molar-refractivity contribution in [3.63, 3.8) is 0 Å². The van der Waals surface area contributed by atoms with Crippen molar-refractivity contribution in [2.45, 2.75) is 13.5 Å². The topological polar surface area (TPSA) is 59.9 Å². The fourth-order valence-corrected chi connectivity index (χ4v) is 1.68. The minimum Gasteiger partial charge on any atom is -0.383 e. The molecule has 5 nitrogen and oxygen atoms in total. The summed E-state index contributed by atoms with van der Waals surface area (Å²) in [4.78, 5) is 13.2. The molecule has 0 aliphatic carbocycles. The van der Waals surface area contributed by atoms with E-state index in [1.807, 2.05) is 31.2 Å². The molecule has 0 aliphatic heterocycles. The highest BCUT2D eigenvalue weighted by molar-refractivity contribution is 5.48. The van der Waals surface area contributed by atoms with Gasteiger partial charge in [-0.05, 0) is 25.1 Å². The number of pyridine rings is 1. The first-order valence-electron chi connectivity index (χ1n) is 6.25. The molecule has 2 rings (SSSR count). The molecule has 0 spiro atoms. The van der Waals surface area contributed by atoms with E-state index in [0.29, 0.717) is 19.0 Å². The van der Waals surface area contributed by atoms with Gasteiger partial charge in [0.1, 0.15) is 5.69 Å². The highest BCUT2D eigenvalue weighted by atomic mass is 16.5. The van der Waals surface area contributed by atoms with Crippen LogP contribution in [0.1, 0.15) is 11.4 Å². The number of ether oxygens (including phenoxy) is 1. The minimum absolute atomic E-state index is 0.662. The molecule has 0 saturated heterocycles. The Bertz CT molecular complexity index is 530. The van der Waals surface area contributed by atoms with E-state index in [4.69, 9.17) is 4.74 Å². The number of nitrogens with zero attached hydrogens (tertiary/aromatic N) is 3. The van der Waals surface area contributed by atoms with E-state index >= 15 is 0 Å². The number of aromatic nitrogens is 3. The van der Waals surface area contributed by atoms with Crippen molar-refractivity contribution >= 4 is 0 Å². The van der Waals surface area contributed by atoms with Gasteiger partial charge in [0, 0.05) is 32.1 Å². The van der Waals surface area contributed by atoms with E-state index < -0.39 is 0 Å². The van der Waals surface area contributed by atoms with Crippen LogP contribution in [0.5, 0.6) is 0 Å². The van der Waals surface area contributed by atoms with Crippen LogP contribution in [-0.2, 0) is 11.3 Å². The van der Waals surface area contributed by atoms with Gasteiger partial charge in [0.2, 0.25) is 0 Å². The van der Waals surface area contributed by atoms with Crippen LogP contribution in [0, 0.1) is 6.92 Å². The third-order valence-electron chi connectivity index (χ3n) is 2.62. The van der Waals surface area contributed by atoms with Crippen LogP contribution in [-0.4, -0.2) is 35.2 Å². The minimum atomic E-state index is 0.662. The molecular weight excluding hydrogens is 240 g/mol. The predicted octanol–water partition coefficient (Wildman–Crippen LogP) is 1.58. The lowest BCUT2D eigenvalue weighted by molar-refractivity contribution is 0.199. The number of rotatable bonds is 6. The maximum Gasteiger partial charge on any atom is 0.178 e. The molecule has 0 saturated carbocycles. The molecule has 2 aromatic heterocycles. The second-order valence-electron chi connectivity index (χ2n) is 4.21. The van der Waals surface area contributed by atoms with Crippen molar-refractivity contribution in [2.24, 2.45) is 0 Å². The average Bonchev–Trinajstić information content (AvgIpc) is 2.44. The average molecular weight is 258 g/mol. The number of methoxy groups -OCH3 is 1. The third kappa shape index (κ3) is 4.08. The first-order chi connectivity index (χ1) is 9.29. The normalized spacial score (nSPS) is 10.6. The Labute approximate surface area is 113 Å². The number of nitrogens with one attached hydrogen (secondary N) is 1. The zero-order valence-electron chi connectivity index (χ0n) is 11.3. The van der Waals surface area contributed by atoms with Crippen LogP contribution < -0.4 is 5.32 Å². The Morgan fingerprint density at radius 3 is 2.89 bits per heavy atom. The van der Waals surface area contributed by atoms with Crippen molar-refractivity contribution < 1.29 is 4.74 Å². The van der Waals surface area contributed by atoms with Crippen LogP contribution in [0.15, 0.2) is 30.5 Å². The summed E-state index contributed by atoms with van der Waals surface area (Å²) in [5.74, 6) is 0.662. The van der Waals surface area contributed by atoms with Gasteiger partial charge in [0.05, 0.1) is 12.3 Å². The zero-order chi connectivity index (χ0) is 13.5. The maximum atomic E-state index is 4.98. The van der Waals surface area contributed by atoms with Crippen molar-refractivity contribution in [1.82, 2.24) is 20.3 Å². The van der Waals surface area contributed by atoms with Crippen molar-refractivity contribution in [1.29, 1.82) is 0 Å². The maximum absolute atomic E-state index is 4.98. The summed E-state index contributed by atoms with van der Waals surface area (Å²) >= 11 is 0. The second-order valence-corrected chi connectivity index (χ2v) is 4.21. The van der Waals surface area contributed by atoms with Crippen molar-refractivity contribution in [3.05, 3.63) is 41.9 Å². The third-order valence-corrected chi connectivity index (χ3v) is 2.62. The number of hydrogen-bond acceptors (Lipinski definition) is 5. The van der Waals surface area contributed by atoms with Gasteiger partial charge in [-0.1, -0.05) is 6.07 Å². The van der Waals surface area contributed by atoms with E-state index in [9.17, 15) is 0 Å². The van der Waals surface area contributed by atoms with E-state index in [1.54, 1.807) is 13.3 Å². The van der Waals surface area contributed by atoms with Crippen molar-refractivity contribution in [3.8, 4) is 11.5 Å². The van der Waals surface area contributed by atoms with Crippen LogP contribution in [0.2, 0.25) is 0 Å². The lowest BCUT2D eigenvalue weighted by atomic mass is 10.3. The molecule has 19 heavy (non-hydrogen) atoms. The van der Waals surface area contributed by atoms with Gasteiger partial charge in [-0.3, -0.25) is 0 Å². The molecule has 0 fully saturated rings. The molecule has 0 radical (unpaired) electrons. The van der Waals surface area contributed by atoms with Crippen LogP contribution in [0.3, 0.4) is 0 Å². The second kappa shape index (κ2) is 6.92. The molecule has 0 aromatic carbocycles. The highest BCUT2D eigenvalue weighted by Gasteiger charge is 2.04. The van der Waals surface area contributed by atoms with Crippen LogP contribution in [0.25, 0.3) is 11.5 Å². The molecule has 0 amide bonds. The predicted molar refractivity (Wildman–Crippen MR) is 73.6 cm³/mol. The summed E-state index contributed by atoms with van der Waals surface area (Å²) in [6.45, 7) is 4.15. The van der Waals surface area contributed by atoms with Crippen LogP contribution >= 0.6 is 0 Å². The van der Waals surface area contributed by atoms with Gasteiger partial charge in [-0.25, -0.2) is 15.0 Å². The van der Waals surface area contributed by atoms with Gasteiger partial charge in [-0.2, -0.15) is 0 Å². The van der Waals surface area contributed by atoms with Gasteiger partial charge >= 0.3 is 0 Å². The highest BCUT2D eigenvalue weighted by Crippen LogP contribution is 2.12. The smallest absolute Gasteiger partial charge is 0.178 e. The van der Waals surface area contributed by atoms with Gasteiger partial charge in [0.25, 0.3) is 0 Å². The summed E-state index contributed by atoms with van der Waals surface area (Å²) in [5, 5.41) is 3.26. The standard InChI is InChI=1S/C14H18N4O/c1-11-4-3-5-13(17-11)14-16-7-6-12(18-14)10-15-8-9-19-2/h3-7,15H,8-10H2,1-2H3. The van der Waals surface area contributed by atoms with Crippen LogP contribution in [0.4, 0.5) is 0 Å².